The number of halogens is 1. The second-order valence-corrected chi connectivity index (χ2v) is 5.38. The highest BCUT2D eigenvalue weighted by Crippen LogP contribution is 2.07. The Morgan fingerprint density at radius 3 is 2.93 bits per heavy atom. The predicted molar refractivity (Wildman–Crippen MR) is 58.3 cm³/mol. The first-order valence-electron chi connectivity index (χ1n) is 4.63. The molecule has 0 spiro atoms. The van der Waals surface area contributed by atoms with Crippen LogP contribution in [-0.2, 0) is 10.0 Å². The van der Waals surface area contributed by atoms with Crippen molar-refractivity contribution < 1.29 is 8.42 Å². The van der Waals surface area contributed by atoms with Crippen LogP contribution in [0.25, 0.3) is 0 Å². The number of aromatic amines is 1. The maximum Gasteiger partial charge on any atom is 0.243 e. The Labute approximate surface area is 94.3 Å². The van der Waals surface area contributed by atoms with Crippen LogP contribution in [0.15, 0.2) is 17.3 Å². The van der Waals surface area contributed by atoms with Gasteiger partial charge in [0, 0.05) is 18.1 Å². The number of aromatic nitrogens is 2. The third-order valence-electron chi connectivity index (χ3n) is 1.91. The lowest BCUT2D eigenvalue weighted by Gasteiger charge is -2.12. The normalized spacial score (nSPS) is 14.0. The number of nitrogens with zero attached hydrogens (tertiary/aromatic N) is 1. The molecule has 86 valence electrons. The summed E-state index contributed by atoms with van der Waals surface area (Å²) in [4.78, 5) is 0.153. The Morgan fingerprint density at radius 1 is 1.67 bits per heavy atom. The lowest BCUT2D eigenvalue weighted by Crippen LogP contribution is -2.32. The van der Waals surface area contributed by atoms with E-state index in [4.69, 9.17) is 11.6 Å². The number of hydrogen-bond acceptors (Lipinski definition) is 3. The third-order valence-corrected chi connectivity index (χ3v) is 3.73. The first kappa shape index (κ1) is 12.5. The first-order chi connectivity index (χ1) is 7.06. The molecular formula is C8H14ClN3O2S. The van der Waals surface area contributed by atoms with Crippen LogP contribution in [0, 0.1) is 0 Å². The summed E-state index contributed by atoms with van der Waals surface area (Å²) >= 11 is 5.52. The van der Waals surface area contributed by atoms with Gasteiger partial charge in [0.05, 0.1) is 6.20 Å². The van der Waals surface area contributed by atoms with Crippen molar-refractivity contribution in [2.45, 2.75) is 30.7 Å². The minimum absolute atomic E-state index is 0.122. The van der Waals surface area contributed by atoms with Gasteiger partial charge in [0.2, 0.25) is 10.0 Å². The van der Waals surface area contributed by atoms with Crippen LogP contribution < -0.4 is 4.72 Å². The topological polar surface area (TPSA) is 74.8 Å². The van der Waals surface area contributed by atoms with Gasteiger partial charge in [-0.15, -0.1) is 11.6 Å². The second-order valence-electron chi connectivity index (χ2n) is 3.29. The average Bonchev–Trinajstić information content (AvgIpc) is 2.67. The molecule has 0 amide bonds. The molecule has 0 aliphatic heterocycles. The van der Waals surface area contributed by atoms with E-state index in [2.05, 4.69) is 14.9 Å². The summed E-state index contributed by atoms with van der Waals surface area (Å²) < 4.78 is 25.9. The Morgan fingerprint density at radius 2 is 2.40 bits per heavy atom. The molecule has 15 heavy (non-hydrogen) atoms. The lowest BCUT2D eigenvalue weighted by molar-refractivity contribution is 0.544. The molecule has 0 aromatic carbocycles. The van der Waals surface area contributed by atoms with E-state index in [1.807, 2.05) is 6.92 Å². The van der Waals surface area contributed by atoms with Gasteiger partial charge in [0.1, 0.15) is 4.90 Å². The summed E-state index contributed by atoms with van der Waals surface area (Å²) in [6.07, 6.45) is 4.13. The van der Waals surface area contributed by atoms with Crippen LogP contribution in [0.1, 0.15) is 19.8 Å². The van der Waals surface area contributed by atoms with Crippen molar-refractivity contribution in [3.8, 4) is 0 Å². The Kier molecular flexibility index (Phi) is 4.56. The molecule has 5 nitrogen and oxygen atoms in total. The highest BCUT2D eigenvalue weighted by Gasteiger charge is 2.17. The highest BCUT2D eigenvalue weighted by atomic mass is 35.5. The standard InChI is InChI=1S/C8H14ClN3O2S/c1-7(3-2-4-9)12-15(13,14)8-5-10-11-6-8/h5-7,12H,2-4H2,1H3,(H,10,11). The van der Waals surface area contributed by atoms with E-state index < -0.39 is 10.0 Å². The second kappa shape index (κ2) is 5.48. The molecule has 2 N–H and O–H groups in total. The summed E-state index contributed by atoms with van der Waals surface area (Å²) in [5.74, 6) is 0.539. The molecule has 0 radical (unpaired) electrons. The van der Waals surface area contributed by atoms with Crippen LogP contribution >= 0.6 is 11.6 Å². The van der Waals surface area contributed by atoms with Crippen molar-refractivity contribution in [3.05, 3.63) is 12.4 Å². The van der Waals surface area contributed by atoms with Crippen LogP contribution in [0.5, 0.6) is 0 Å². The summed E-state index contributed by atoms with van der Waals surface area (Å²) in [5.41, 5.74) is 0. The maximum absolute atomic E-state index is 11.7. The minimum Gasteiger partial charge on any atom is -0.284 e. The van der Waals surface area contributed by atoms with Gasteiger partial charge in [-0.25, -0.2) is 13.1 Å². The minimum atomic E-state index is -3.43. The van der Waals surface area contributed by atoms with Gasteiger partial charge in [0.15, 0.2) is 0 Å². The van der Waals surface area contributed by atoms with Gasteiger partial charge in [-0.1, -0.05) is 0 Å². The Bertz CT molecular complexity index is 377. The molecule has 0 saturated heterocycles. The van der Waals surface area contributed by atoms with Gasteiger partial charge in [-0.2, -0.15) is 5.10 Å². The molecule has 1 rings (SSSR count). The molecule has 1 aromatic rings. The molecule has 0 bridgehead atoms. The van der Waals surface area contributed by atoms with Crippen molar-refractivity contribution >= 4 is 21.6 Å². The van der Waals surface area contributed by atoms with Gasteiger partial charge < -0.3 is 0 Å². The molecule has 0 saturated carbocycles. The van der Waals surface area contributed by atoms with Crippen molar-refractivity contribution in [1.29, 1.82) is 0 Å². The smallest absolute Gasteiger partial charge is 0.243 e. The molecular weight excluding hydrogens is 238 g/mol. The van der Waals surface area contributed by atoms with Crippen molar-refractivity contribution in [3.63, 3.8) is 0 Å². The van der Waals surface area contributed by atoms with E-state index >= 15 is 0 Å². The van der Waals surface area contributed by atoms with E-state index in [9.17, 15) is 8.42 Å². The molecule has 0 aliphatic rings. The molecule has 1 heterocycles. The number of rotatable bonds is 6. The van der Waals surface area contributed by atoms with Gasteiger partial charge in [0.25, 0.3) is 0 Å². The molecule has 0 aliphatic carbocycles. The van der Waals surface area contributed by atoms with Gasteiger partial charge in [-0.05, 0) is 19.8 Å². The average molecular weight is 252 g/mol. The summed E-state index contributed by atoms with van der Waals surface area (Å²) in [5, 5.41) is 6.05. The number of nitrogens with one attached hydrogen (secondary N) is 2. The summed E-state index contributed by atoms with van der Waals surface area (Å²) in [6, 6.07) is -0.122. The van der Waals surface area contributed by atoms with Gasteiger partial charge in [-0.3, -0.25) is 5.10 Å². The number of hydrogen-bond donors (Lipinski definition) is 2. The number of alkyl halides is 1. The van der Waals surface area contributed by atoms with Crippen LogP contribution in [0.4, 0.5) is 0 Å². The van der Waals surface area contributed by atoms with E-state index in [0.717, 1.165) is 12.8 Å². The largest absolute Gasteiger partial charge is 0.284 e. The van der Waals surface area contributed by atoms with E-state index in [0.29, 0.717) is 5.88 Å². The van der Waals surface area contributed by atoms with Gasteiger partial charge >= 0.3 is 0 Å². The Balaban J connectivity index is 2.57. The van der Waals surface area contributed by atoms with Crippen molar-refractivity contribution in [1.82, 2.24) is 14.9 Å². The SMILES string of the molecule is CC(CCCCl)NS(=O)(=O)c1cn[nH]c1. The highest BCUT2D eigenvalue weighted by molar-refractivity contribution is 7.89. The molecule has 7 heteroatoms. The predicted octanol–water partition coefficient (Wildman–Crippen LogP) is 1.10. The van der Waals surface area contributed by atoms with E-state index in [1.165, 1.54) is 12.4 Å². The monoisotopic (exact) mass is 251 g/mol. The zero-order valence-electron chi connectivity index (χ0n) is 8.40. The van der Waals surface area contributed by atoms with E-state index in [1.54, 1.807) is 0 Å². The number of H-pyrrole nitrogens is 1. The van der Waals surface area contributed by atoms with Crippen molar-refractivity contribution in [2.24, 2.45) is 0 Å². The molecule has 0 fully saturated rings. The zero-order valence-corrected chi connectivity index (χ0v) is 9.98. The first-order valence-corrected chi connectivity index (χ1v) is 6.65. The van der Waals surface area contributed by atoms with E-state index in [-0.39, 0.29) is 10.9 Å². The Hall–Kier alpha value is -0.590. The fourth-order valence-corrected chi connectivity index (χ4v) is 2.50. The molecule has 1 unspecified atom stereocenters. The summed E-state index contributed by atoms with van der Waals surface area (Å²) in [7, 11) is -3.43. The fraction of sp³-hybridized carbons (Fsp3) is 0.625. The molecule has 1 atom stereocenters. The van der Waals surface area contributed by atoms with Crippen LogP contribution in [-0.4, -0.2) is 30.5 Å². The summed E-state index contributed by atoms with van der Waals surface area (Å²) in [6.45, 7) is 1.81. The quantitative estimate of drug-likeness (QED) is 0.744. The lowest BCUT2D eigenvalue weighted by atomic mass is 10.2. The van der Waals surface area contributed by atoms with Crippen LogP contribution in [0.2, 0.25) is 0 Å². The van der Waals surface area contributed by atoms with Crippen LogP contribution in [0.3, 0.4) is 0 Å². The number of sulfonamides is 1. The van der Waals surface area contributed by atoms with Crippen molar-refractivity contribution in [2.75, 3.05) is 5.88 Å². The fourth-order valence-electron chi connectivity index (χ4n) is 1.16. The third kappa shape index (κ3) is 3.81. The zero-order chi connectivity index (χ0) is 11.3. The molecule has 1 aromatic heterocycles. The maximum atomic E-state index is 11.7.